The number of hydrogen-bond donors (Lipinski definition) is 1. The van der Waals surface area contributed by atoms with Gasteiger partial charge in [0.2, 0.25) is 0 Å². The molecule has 1 aromatic carbocycles. The lowest BCUT2D eigenvalue weighted by Crippen LogP contribution is -2.36. The van der Waals surface area contributed by atoms with Gasteiger partial charge in [0.15, 0.2) is 0 Å². The van der Waals surface area contributed by atoms with Crippen LogP contribution in [0, 0.1) is 5.82 Å². The number of benzene rings is 1. The Kier molecular flexibility index (Phi) is 3.06. The minimum absolute atomic E-state index is 0.0960. The van der Waals surface area contributed by atoms with Crippen LogP contribution in [0.2, 0.25) is 0 Å². The summed E-state index contributed by atoms with van der Waals surface area (Å²) in [6, 6.07) is 6.52. The molecule has 0 aromatic heterocycles. The van der Waals surface area contributed by atoms with Crippen LogP contribution >= 0.6 is 0 Å². The Hall–Kier alpha value is -1.22. The van der Waals surface area contributed by atoms with E-state index < -0.39 is 5.41 Å². The smallest absolute Gasteiger partial charge is 0.132 e. The lowest BCUT2D eigenvalue weighted by atomic mass is 9.69. The molecule has 0 unspecified atom stereocenters. The van der Waals surface area contributed by atoms with E-state index in [4.69, 9.17) is 0 Å². The highest BCUT2D eigenvalue weighted by Gasteiger charge is 2.37. The lowest BCUT2D eigenvalue weighted by Gasteiger charge is -2.35. The summed E-state index contributed by atoms with van der Waals surface area (Å²) in [5.74, 6) is -0.0775. The van der Waals surface area contributed by atoms with Crippen LogP contribution in [0.15, 0.2) is 24.3 Å². The average Bonchev–Trinajstić information content (AvgIpc) is 2.32. The second-order valence-electron chi connectivity index (χ2n) is 4.46. The van der Waals surface area contributed by atoms with E-state index in [1.807, 2.05) is 0 Å². The molecule has 1 saturated carbocycles. The monoisotopic (exact) mass is 222 g/mol. The number of aliphatic hydroxyl groups is 1. The van der Waals surface area contributed by atoms with E-state index >= 15 is 0 Å². The standard InChI is InChI=1S/C13H15FO2/c14-12-4-2-1-3-11(12)13(9-15)7-5-10(16)6-8-13/h1-4,15H,5-9H2. The molecule has 0 atom stereocenters. The van der Waals surface area contributed by atoms with Crippen LogP contribution in [0.1, 0.15) is 31.2 Å². The molecular formula is C13H15FO2. The number of aliphatic hydroxyl groups excluding tert-OH is 1. The topological polar surface area (TPSA) is 37.3 Å². The zero-order chi connectivity index (χ0) is 11.6. The molecule has 1 fully saturated rings. The quantitative estimate of drug-likeness (QED) is 0.832. The second-order valence-corrected chi connectivity index (χ2v) is 4.46. The van der Waals surface area contributed by atoms with Gasteiger partial charge in [-0.2, -0.15) is 0 Å². The molecule has 0 amide bonds. The van der Waals surface area contributed by atoms with E-state index in [1.165, 1.54) is 6.07 Å². The van der Waals surface area contributed by atoms with Gasteiger partial charge < -0.3 is 5.11 Å². The lowest BCUT2D eigenvalue weighted by molar-refractivity contribution is -0.121. The first-order chi connectivity index (χ1) is 7.68. The van der Waals surface area contributed by atoms with Crippen LogP contribution < -0.4 is 0 Å². The first kappa shape index (κ1) is 11.3. The molecule has 86 valence electrons. The zero-order valence-electron chi connectivity index (χ0n) is 9.08. The van der Waals surface area contributed by atoms with Gasteiger partial charge in [-0.15, -0.1) is 0 Å². The Labute approximate surface area is 94.1 Å². The van der Waals surface area contributed by atoms with Crippen molar-refractivity contribution in [1.82, 2.24) is 0 Å². The number of carbonyl (C=O) groups excluding carboxylic acids is 1. The van der Waals surface area contributed by atoms with Crippen LogP contribution in [0.5, 0.6) is 0 Å². The molecule has 0 bridgehead atoms. The van der Waals surface area contributed by atoms with Crippen molar-refractivity contribution in [3.63, 3.8) is 0 Å². The van der Waals surface area contributed by atoms with Gasteiger partial charge in [-0.3, -0.25) is 4.79 Å². The van der Waals surface area contributed by atoms with Crippen LogP contribution in [0.25, 0.3) is 0 Å². The minimum atomic E-state index is -0.556. The number of hydrogen-bond acceptors (Lipinski definition) is 2. The predicted molar refractivity (Wildman–Crippen MR) is 58.6 cm³/mol. The molecule has 3 heteroatoms. The summed E-state index contributed by atoms with van der Waals surface area (Å²) in [5.41, 5.74) is -0.01000. The molecular weight excluding hydrogens is 207 g/mol. The third-order valence-corrected chi connectivity index (χ3v) is 3.51. The molecule has 2 nitrogen and oxygen atoms in total. The summed E-state index contributed by atoms with van der Waals surface area (Å²) in [6.45, 7) is -0.0960. The molecule has 16 heavy (non-hydrogen) atoms. The molecule has 1 aliphatic rings. The van der Waals surface area contributed by atoms with Gasteiger partial charge in [0.25, 0.3) is 0 Å². The number of carbonyl (C=O) groups is 1. The summed E-state index contributed by atoms with van der Waals surface area (Å²) in [5, 5.41) is 9.53. The van der Waals surface area contributed by atoms with Crippen LogP contribution in [-0.2, 0) is 10.2 Å². The SMILES string of the molecule is O=C1CCC(CO)(c2ccccc2F)CC1. The molecule has 1 N–H and O–H groups in total. The fourth-order valence-electron chi connectivity index (χ4n) is 2.41. The van der Waals surface area contributed by atoms with Crippen molar-refractivity contribution >= 4 is 5.78 Å². The number of rotatable bonds is 2. The van der Waals surface area contributed by atoms with Gasteiger partial charge in [-0.05, 0) is 24.5 Å². The Morgan fingerprint density at radius 1 is 1.25 bits per heavy atom. The van der Waals surface area contributed by atoms with Crippen molar-refractivity contribution in [3.05, 3.63) is 35.6 Å². The highest BCUT2D eigenvalue weighted by atomic mass is 19.1. The van der Waals surface area contributed by atoms with Crippen LogP contribution in [0.4, 0.5) is 4.39 Å². The molecule has 0 aliphatic heterocycles. The van der Waals surface area contributed by atoms with Gasteiger partial charge in [-0.1, -0.05) is 18.2 Å². The molecule has 1 aliphatic carbocycles. The summed E-state index contributed by atoms with van der Waals surface area (Å²) in [4.78, 5) is 11.2. The molecule has 0 saturated heterocycles. The van der Waals surface area contributed by atoms with E-state index in [-0.39, 0.29) is 18.2 Å². The summed E-state index contributed by atoms with van der Waals surface area (Å²) >= 11 is 0. The van der Waals surface area contributed by atoms with Crippen molar-refractivity contribution in [2.24, 2.45) is 0 Å². The Balaban J connectivity index is 2.35. The zero-order valence-corrected chi connectivity index (χ0v) is 9.08. The highest BCUT2D eigenvalue weighted by Crippen LogP contribution is 2.38. The molecule has 0 spiro atoms. The van der Waals surface area contributed by atoms with Gasteiger partial charge in [-0.25, -0.2) is 4.39 Å². The maximum absolute atomic E-state index is 13.7. The number of halogens is 1. The third kappa shape index (κ3) is 1.87. The third-order valence-electron chi connectivity index (χ3n) is 3.51. The van der Waals surface area contributed by atoms with Gasteiger partial charge in [0, 0.05) is 18.3 Å². The van der Waals surface area contributed by atoms with E-state index in [2.05, 4.69) is 0 Å². The summed E-state index contributed by atoms with van der Waals surface area (Å²) < 4.78 is 13.7. The summed E-state index contributed by atoms with van der Waals surface area (Å²) in [6.07, 6.45) is 1.97. The molecule has 2 rings (SSSR count). The molecule has 1 aromatic rings. The summed E-state index contributed by atoms with van der Waals surface area (Å²) in [7, 11) is 0. The fourth-order valence-corrected chi connectivity index (χ4v) is 2.41. The maximum atomic E-state index is 13.7. The molecule has 0 radical (unpaired) electrons. The highest BCUT2D eigenvalue weighted by molar-refractivity contribution is 5.79. The largest absolute Gasteiger partial charge is 0.395 e. The first-order valence-corrected chi connectivity index (χ1v) is 5.55. The van der Waals surface area contributed by atoms with Gasteiger partial charge >= 0.3 is 0 Å². The van der Waals surface area contributed by atoms with Crippen molar-refractivity contribution in [2.45, 2.75) is 31.1 Å². The normalized spacial score (nSPS) is 19.8. The maximum Gasteiger partial charge on any atom is 0.132 e. The molecule has 0 heterocycles. The predicted octanol–water partition coefficient (Wildman–Crippen LogP) is 2.20. The van der Waals surface area contributed by atoms with E-state index in [0.717, 1.165) is 0 Å². The van der Waals surface area contributed by atoms with Crippen molar-refractivity contribution < 1.29 is 14.3 Å². The number of ketones is 1. The van der Waals surface area contributed by atoms with E-state index in [1.54, 1.807) is 18.2 Å². The fraction of sp³-hybridized carbons (Fsp3) is 0.462. The van der Waals surface area contributed by atoms with Crippen LogP contribution in [-0.4, -0.2) is 17.5 Å². The van der Waals surface area contributed by atoms with E-state index in [0.29, 0.717) is 31.2 Å². The van der Waals surface area contributed by atoms with Crippen molar-refractivity contribution in [1.29, 1.82) is 0 Å². The van der Waals surface area contributed by atoms with E-state index in [9.17, 15) is 14.3 Å². The first-order valence-electron chi connectivity index (χ1n) is 5.55. The second kappa shape index (κ2) is 4.34. The Morgan fingerprint density at radius 2 is 1.88 bits per heavy atom. The Bertz CT molecular complexity index is 391. The number of Topliss-reactive ketones (excluding diaryl/α,β-unsaturated/α-hetero) is 1. The van der Waals surface area contributed by atoms with Gasteiger partial charge in [0.05, 0.1) is 6.61 Å². The van der Waals surface area contributed by atoms with Gasteiger partial charge in [0.1, 0.15) is 11.6 Å². The van der Waals surface area contributed by atoms with Crippen molar-refractivity contribution in [3.8, 4) is 0 Å². The average molecular weight is 222 g/mol. The van der Waals surface area contributed by atoms with Crippen molar-refractivity contribution in [2.75, 3.05) is 6.61 Å². The Morgan fingerprint density at radius 3 is 2.44 bits per heavy atom. The van der Waals surface area contributed by atoms with Crippen LogP contribution in [0.3, 0.4) is 0 Å². The minimum Gasteiger partial charge on any atom is -0.395 e.